The summed E-state index contributed by atoms with van der Waals surface area (Å²) in [6.07, 6.45) is 5.13. The molecule has 25 heavy (non-hydrogen) atoms. The number of nitrogens with zero attached hydrogens (tertiary/aromatic N) is 4. The first-order chi connectivity index (χ1) is 12.1. The molecule has 1 N–H and O–H groups in total. The largest absolute Gasteiger partial charge is 0.396 e. The van der Waals surface area contributed by atoms with E-state index in [1.54, 1.807) is 0 Å². The molecule has 1 amide bonds. The third-order valence-corrected chi connectivity index (χ3v) is 5.48. The van der Waals surface area contributed by atoms with Crippen molar-refractivity contribution >= 4 is 11.7 Å². The molecule has 1 aromatic rings. The summed E-state index contributed by atoms with van der Waals surface area (Å²) in [7, 11) is 0. The smallest absolute Gasteiger partial charge is 0.222 e. The van der Waals surface area contributed by atoms with Gasteiger partial charge in [-0.05, 0) is 38.5 Å². The van der Waals surface area contributed by atoms with Gasteiger partial charge in [-0.3, -0.25) is 4.79 Å². The lowest BCUT2D eigenvalue weighted by atomic mass is 9.83. The normalized spacial score (nSPS) is 23.7. The summed E-state index contributed by atoms with van der Waals surface area (Å²) in [5.41, 5.74) is 1.02. The van der Waals surface area contributed by atoms with Gasteiger partial charge in [-0.25, -0.2) is 9.97 Å². The van der Waals surface area contributed by atoms with Crippen molar-refractivity contribution in [2.45, 2.75) is 58.4 Å². The van der Waals surface area contributed by atoms with Gasteiger partial charge in [-0.2, -0.15) is 0 Å². The first-order valence-corrected chi connectivity index (χ1v) is 9.62. The highest BCUT2D eigenvalue weighted by Gasteiger charge is 2.39. The zero-order chi connectivity index (χ0) is 17.8. The fourth-order valence-electron chi connectivity index (χ4n) is 4.18. The molecule has 2 aliphatic heterocycles. The molecule has 6 heteroatoms. The van der Waals surface area contributed by atoms with E-state index in [4.69, 9.17) is 10.1 Å². The molecule has 2 fully saturated rings. The molecule has 2 aliphatic rings. The number of unbranched alkanes of at least 4 members (excludes halogenated alkanes) is 1. The third-order valence-electron chi connectivity index (χ3n) is 5.48. The number of likely N-dealkylation sites (tertiary alicyclic amines) is 1. The lowest BCUT2D eigenvalue weighted by Crippen LogP contribution is -2.56. The summed E-state index contributed by atoms with van der Waals surface area (Å²) < 4.78 is 0. The van der Waals surface area contributed by atoms with E-state index in [2.05, 4.69) is 27.8 Å². The molecule has 0 radical (unpaired) electrons. The second-order valence-corrected chi connectivity index (χ2v) is 7.26. The van der Waals surface area contributed by atoms with E-state index >= 15 is 0 Å². The fourth-order valence-corrected chi connectivity index (χ4v) is 4.18. The van der Waals surface area contributed by atoms with Crippen molar-refractivity contribution in [2.75, 3.05) is 31.1 Å². The van der Waals surface area contributed by atoms with Crippen molar-refractivity contribution in [3.8, 4) is 0 Å². The summed E-state index contributed by atoms with van der Waals surface area (Å²) in [6, 6.07) is 2.43. The number of hydrogen-bond acceptors (Lipinski definition) is 5. The molecule has 0 bridgehead atoms. The van der Waals surface area contributed by atoms with Crippen LogP contribution in [0.5, 0.6) is 0 Å². The van der Waals surface area contributed by atoms with Gasteiger partial charge in [0.1, 0.15) is 11.6 Å². The molecule has 138 valence electrons. The van der Waals surface area contributed by atoms with Crippen LogP contribution in [0.15, 0.2) is 6.07 Å². The monoisotopic (exact) mass is 346 g/mol. The third kappa shape index (κ3) is 4.11. The summed E-state index contributed by atoms with van der Waals surface area (Å²) in [6.45, 7) is 7.00. The van der Waals surface area contributed by atoms with Gasteiger partial charge in [0.2, 0.25) is 5.91 Å². The molecule has 0 spiro atoms. The van der Waals surface area contributed by atoms with Crippen LogP contribution < -0.4 is 4.90 Å². The number of aromatic nitrogens is 2. The van der Waals surface area contributed by atoms with Gasteiger partial charge in [0.05, 0.1) is 0 Å². The summed E-state index contributed by atoms with van der Waals surface area (Å²) in [5, 5.41) is 9.00. The summed E-state index contributed by atoms with van der Waals surface area (Å²) in [5.74, 6) is 2.74. The minimum Gasteiger partial charge on any atom is -0.396 e. The molecule has 0 aromatic carbocycles. The Labute approximate surface area is 150 Å². The van der Waals surface area contributed by atoms with E-state index in [1.807, 2.05) is 6.92 Å². The quantitative estimate of drug-likeness (QED) is 0.797. The summed E-state index contributed by atoms with van der Waals surface area (Å²) >= 11 is 0. The van der Waals surface area contributed by atoms with Crippen molar-refractivity contribution in [3.05, 3.63) is 17.6 Å². The van der Waals surface area contributed by atoms with Crippen LogP contribution in [0.3, 0.4) is 0 Å². The highest BCUT2D eigenvalue weighted by atomic mass is 16.3. The van der Waals surface area contributed by atoms with Crippen LogP contribution in [0, 0.1) is 12.8 Å². The number of piperidine rings is 2. The first-order valence-electron chi connectivity index (χ1n) is 9.62. The number of rotatable bonds is 6. The minimum absolute atomic E-state index is 0.205. The molecule has 2 atom stereocenters. The Morgan fingerprint density at radius 1 is 1.28 bits per heavy atom. The van der Waals surface area contributed by atoms with Crippen LogP contribution in [0.4, 0.5) is 5.82 Å². The minimum atomic E-state index is 0.205. The molecule has 6 nitrogen and oxygen atoms in total. The van der Waals surface area contributed by atoms with Crippen LogP contribution in [0.25, 0.3) is 0 Å². The number of aliphatic hydroxyl groups is 1. The maximum atomic E-state index is 12.4. The van der Waals surface area contributed by atoms with E-state index < -0.39 is 0 Å². The molecular formula is C19H30N4O2. The Morgan fingerprint density at radius 2 is 2.12 bits per heavy atom. The topological polar surface area (TPSA) is 69.6 Å². The number of fused-ring (bicyclic) bond motifs is 1. The SMILES string of the molecule is CCc1nc(C)cc(N2CC[C@@H]3[C@@H](CCC(=O)N3CCCCO)C2)n1. The van der Waals surface area contributed by atoms with Crippen molar-refractivity contribution < 1.29 is 9.90 Å². The maximum absolute atomic E-state index is 12.4. The Kier molecular flexibility index (Phi) is 5.89. The predicted molar refractivity (Wildman–Crippen MR) is 97.5 cm³/mol. The van der Waals surface area contributed by atoms with Crippen LogP contribution in [-0.4, -0.2) is 58.2 Å². The average Bonchev–Trinajstić information content (AvgIpc) is 2.62. The number of carbonyl (C=O) groups is 1. The van der Waals surface area contributed by atoms with Gasteiger partial charge in [-0.1, -0.05) is 6.92 Å². The lowest BCUT2D eigenvalue weighted by Gasteiger charge is -2.47. The van der Waals surface area contributed by atoms with Crippen LogP contribution in [0.2, 0.25) is 0 Å². The summed E-state index contributed by atoms with van der Waals surface area (Å²) in [4.78, 5) is 26.0. The molecule has 2 saturated heterocycles. The number of aryl methyl sites for hydroxylation is 2. The molecule has 0 unspecified atom stereocenters. The van der Waals surface area contributed by atoms with Crippen LogP contribution in [0.1, 0.15) is 50.5 Å². The van der Waals surface area contributed by atoms with Gasteiger partial charge >= 0.3 is 0 Å². The van der Waals surface area contributed by atoms with Gasteiger partial charge in [0, 0.05) is 56.9 Å². The van der Waals surface area contributed by atoms with Crippen molar-refractivity contribution in [1.82, 2.24) is 14.9 Å². The van der Waals surface area contributed by atoms with Crippen LogP contribution in [-0.2, 0) is 11.2 Å². The molecular weight excluding hydrogens is 316 g/mol. The molecule has 3 heterocycles. The molecule has 1 aromatic heterocycles. The number of hydrogen-bond donors (Lipinski definition) is 1. The number of aliphatic hydroxyl groups excluding tert-OH is 1. The van der Waals surface area contributed by atoms with Crippen molar-refractivity contribution in [1.29, 1.82) is 0 Å². The van der Waals surface area contributed by atoms with Gasteiger partial charge in [-0.15, -0.1) is 0 Å². The van der Waals surface area contributed by atoms with E-state index in [0.29, 0.717) is 24.3 Å². The van der Waals surface area contributed by atoms with Crippen LogP contribution >= 0.6 is 0 Å². The van der Waals surface area contributed by atoms with E-state index in [1.165, 1.54) is 0 Å². The van der Waals surface area contributed by atoms with Crippen molar-refractivity contribution in [2.24, 2.45) is 5.92 Å². The first kappa shape index (κ1) is 18.1. The Balaban J connectivity index is 1.69. The second kappa shape index (κ2) is 8.13. The highest BCUT2D eigenvalue weighted by Crippen LogP contribution is 2.33. The Morgan fingerprint density at radius 3 is 2.88 bits per heavy atom. The highest BCUT2D eigenvalue weighted by molar-refractivity contribution is 5.77. The number of amides is 1. The molecule has 3 rings (SSSR count). The number of carbonyl (C=O) groups excluding carboxylic acids is 1. The number of anilines is 1. The van der Waals surface area contributed by atoms with Crippen molar-refractivity contribution in [3.63, 3.8) is 0 Å². The van der Waals surface area contributed by atoms with E-state index in [9.17, 15) is 4.79 Å². The zero-order valence-corrected chi connectivity index (χ0v) is 15.4. The van der Waals surface area contributed by atoms with E-state index in [0.717, 1.165) is 69.1 Å². The Hall–Kier alpha value is -1.69. The second-order valence-electron chi connectivity index (χ2n) is 7.26. The van der Waals surface area contributed by atoms with Gasteiger partial charge in [0.25, 0.3) is 0 Å². The molecule has 0 aliphatic carbocycles. The standard InChI is InChI=1S/C19H30N4O2/c1-3-17-20-14(2)12-18(21-17)22-10-8-16-15(13-22)6-7-19(25)23(16)9-4-5-11-24/h12,15-16,24H,3-11,13H2,1-2H3/t15-,16+/m0/s1. The maximum Gasteiger partial charge on any atom is 0.222 e. The zero-order valence-electron chi connectivity index (χ0n) is 15.4. The molecule has 0 saturated carbocycles. The predicted octanol–water partition coefficient (Wildman–Crippen LogP) is 1.94. The van der Waals surface area contributed by atoms with E-state index in [-0.39, 0.29) is 6.61 Å². The average molecular weight is 346 g/mol. The lowest BCUT2D eigenvalue weighted by molar-refractivity contribution is -0.139. The Bertz CT molecular complexity index is 607. The fraction of sp³-hybridized carbons (Fsp3) is 0.737. The van der Waals surface area contributed by atoms with Gasteiger partial charge in [0.15, 0.2) is 0 Å². The van der Waals surface area contributed by atoms with Gasteiger partial charge < -0.3 is 14.9 Å².